The first-order chi connectivity index (χ1) is 10.5. The average molecular weight is 264 g/mol. The van der Waals surface area contributed by atoms with E-state index >= 15 is 0 Å². The summed E-state index contributed by atoms with van der Waals surface area (Å²) in [5, 5.41) is 9.95. The monoisotopic (exact) mass is 264 g/mol. The summed E-state index contributed by atoms with van der Waals surface area (Å²) >= 11 is 0. The molecule has 0 saturated carbocycles. The molecular formula is C17H14N2O. The van der Waals surface area contributed by atoms with Crippen molar-refractivity contribution in [2.45, 2.75) is 6.92 Å². The first-order valence-electron chi connectivity index (χ1n) is 7.20. The lowest BCUT2D eigenvalue weighted by atomic mass is 10.1. The zero-order valence-corrected chi connectivity index (χ0v) is 11.0. The summed E-state index contributed by atoms with van der Waals surface area (Å²) in [4.78, 5) is 4.22. The third-order valence-corrected chi connectivity index (χ3v) is 3.17. The van der Waals surface area contributed by atoms with E-state index in [1.54, 1.807) is 18.3 Å². The Morgan fingerprint density at radius 1 is 1.45 bits per heavy atom. The van der Waals surface area contributed by atoms with Crippen molar-refractivity contribution in [3.63, 3.8) is 0 Å². The molecule has 0 aliphatic rings. The second-order valence-electron chi connectivity index (χ2n) is 4.47. The van der Waals surface area contributed by atoms with Crippen LogP contribution < -0.4 is 0 Å². The predicted molar refractivity (Wildman–Crippen MR) is 82.4 cm³/mol. The van der Waals surface area contributed by atoms with Gasteiger partial charge in [0.05, 0.1) is 13.8 Å². The molecule has 1 aromatic carbocycles. The number of nitrogens with one attached hydrogen (secondary N) is 1. The van der Waals surface area contributed by atoms with E-state index in [1.165, 1.54) is 6.08 Å². The number of hydrogen-bond acceptors (Lipinski definition) is 3. The van der Waals surface area contributed by atoms with Crippen LogP contribution in [0.3, 0.4) is 0 Å². The SMILES string of the molecule is [2H]/C(C=C)=C(\[2H])C(=N)c1ccc2c(c1)oc1nccc(C)c12. The first-order valence-corrected chi connectivity index (χ1v) is 6.20. The van der Waals surface area contributed by atoms with E-state index in [9.17, 15) is 0 Å². The number of furan rings is 1. The molecule has 0 bridgehead atoms. The largest absolute Gasteiger partial charge is 0.438 e. The predicted octanol–water partition coefficient (Wildman–Crippen LogP) is 4.40. The maximum absolute atomic E-state index is 8.05. The summed E-state index contributed by atoms with van der Waals surface area (Å²) in [7, 11) is 0. The maximum atomic E-state index is 8.05. The lowest BCUT2D eigenvalue weighted by Crippen LogP contribution is -1.93. The second-order valence-corrected chi connectivity index (χ2v) is 4.47. The summed E-state index contributed by atoms with van der Waals surface area (Å²) in [5.41, 5.74) is 2.76. The number of nitrogens with zero attached hydrogens (tertiary/aromatic N) is 1. The Balaban J connectivity index is 2.19. The van der Waals surface area contributed by atoms with E-state index in [1.807, 2.05) is 19.1 Å². The molecule has 0 saturated heterocycles. The molecule has 0 aliphatic carbocycles. The summed E-state index contributed by atoms with van der Waals surface area (Å²) < 4.78 is 21.1. The fourth-order valence-corrected chi connectivity index (χ4v) is 2.21. The fraction of sp³-hybridized carbons (Fsp3) is 0.0588. The highest BCUT2D eigenvalue weighted by Gasteiger charge is 2.11. The number of fused-ring (bicyclic) bond motifs is 3. The van der Waals surface area contributed by atoms with Gasteiger partial charge in [0, 0.05) is 17.1 Å². The van der Waals surface area contributed by atoms with E-state index in [0.717, 1.165) is 16.3 Å². The Morgan fingerprint density at radius 2 is 2.30 bits per heavy atom. The van der Waals surface area contributed by atoms with Crippen molar-refractivity contribution in [2.24, 2.45) is 0 Å². The van der Waals surface area contributed by atoms with Crippen molar-refractivity contribution in [1.29, 1.82) is 5.41 Å². The van der Waals surface area contributed by atoms with Crippen molar-refractivity contribution in [3.05, 3.63) is 66.3 Å². The van der Waals surface area contributed by atoms with Crippen LogP contribution in [0.1, 0.15) is 13.9 Å². The number of pyridine rings is 1. The van der Waals surface area contributed by atoms with Gasteiger partial charge in [0.2, 0.25) is 5.71 Å². The zero-order chi connectivity index (χ0) is 15.9. The van der Waals surface area contributed by atoms with Crippen LogP contribution in [0, 0.1) is 12.3 Å². The molecule has 1 N–H and O–H groups in total. The lowest BCUT2D eigenvalue weighted by molar-refractivity contribution is 0.654. The Bertz CT molecular complexity index is 954. The minimum Gasteiger partial charge on any atom is -0.438 e. The Kier molecular flexibility index (Phi) is 2.42. The van der Waals surface area contributed by atoms with Crippen molar-refractivity contribution in [1.82, 2.24) is 4.98 Å². The Hall–Kier alpha value is -2.68. The number of hydrogen-bond donors (Lipinski definition) is 1. The Morgan fingerprint density at radius 3 is 3.10 bits per heavy atom. The van der Waals surface area contributed by atoms with Crippen molar-refractivity contribution in [3.8, 4) is 0 Å². The molecule has 3 heteroatoms. The van der Waals surface area contributed by atoms with Crippen LogP contribution in [-0.2, 0) is 0 Å². The summed E-state index contributed by atoms with van der Waals surface area (Å²) in [6, 6.07) is 7.02. The molecule has 0 spiro atoms. The highest BCUT2D eigenvalue weighted by Crippen LogP contribution is 2.30. The molecule has 98 valence electrons. The minimum atomic E-state index is -0.167. The zero-order valence-electron chi connectivity index (χ0n) is 13.0. The van der Waals surface area contributed by atoms with Gasteiger partial charge in [-0.15, -0.1) is 0 Å². The molecule has 3 rings (SSSR count). The van der Waals surface area contributed by atoms with Crippen LogP contribution in [0.2, 0.25) is 0 Å². The van der Waals surface area contributed by atoms with Gasteiger partial charge in [0.1, 0.15) is 5.58 Å². The van der Waals surface area contributed by atoms with Gasteiger partial charge in [-0.2, -0.15) is 0 Å². The highest BCUT2D eigenvalue weighted by atomic mass is 16.3. The normalized spacial score (nSPS) is 13.8. The second kappa shape index (κ2) is 4.78. The first kappa shape index (κ1) is 10.1. The maximum Gasteiger partial charge on any atom is 0.227 e. The molecule has 0 atom stereocenters. The van der Waals surface area contributed by atoms with Crippen LogP contribution in [0.4, 0.5) is 0 Å². The van der Waals surface area contributed by atoms with Crippen LogP contribution in [0.5, 0.6) is 0 Å². The van der Waals surface area contributed by atoms with Gasteiger partial charge in [-0.1, -0.05) is 24.8 Å². The summed E-state index contributed by atoms with van der Waals surface area (Å²) in [5.74, 6) is 0. The number of allylic oxidation sites excluding steroid dienone is 3. The van der Waals surface area contributed by atoms with Gasteiger partial charge in [0.15, 0.2) is 0 Å². The van der Waals surface area contributed by atoms with Crippen molar-refractivity contribution >= 4 is 27.8 Å². The van der Waals surface area contributed by atoms with Crippen LogP contribution >= 0.6 is 0 Å². The van der Waals surface area contributed by atoms with Crippen LogP contribution in [0.25, 0.3) is 22.1 Å². The van der Waals surface area contributed by atoms with E-state index < -0.39 is 0 Å². The summed E-state index contributed by atoms with van der Waals surface area (Å²) in [6.07, 6.45) is 2.95. The minimum absolute atomic E-state index is 0.0306. The quantitative estimate of drug-likeness (QED) is 0.563. The molecule has 3 aromatic rings. The van der Waals surface area contributed by atoms with Gasteiger partial charge in [-0.3, -0.25) is 0 Å². The van der Waals surface area contributed by atoms with Gasteiger partial charge < -0.3 is 9.83 Å². The van der Waals surface area contributed by atoms with Gasteiger partial charge in [-0.25, -0.2) is 4.98 Å². The number of benzene rings is 1. The number of rotatable bonds is 3. The standard InChI is InChI=1S/C17H14N2O/c1-3-4-5-14(18)12-6-7-13-15(10-12)20-17-16(13)11(2)8-9-19-17/h3-10,18H,1H2,2H3/b5-4-,18-14?/i4D,5D. The average Bonchev–Trinajstić information content (AvgIpc) is 2.91. The van der Waals surface area contributed by atoms with E-state index in [0.29, 0.717) is 16.9 Å². The molecule has 0 amide bonds. The highest BCUT2D eigenvalue weighted by molar-refractivity contribution is 6.11. The number of aryl methyl sites for hydroxylation is 1. The van der Waals surface area contributed by atoms with E-state index in [-0.39, 0.29) is 17.8 Å². The lowest BCUT2D eigenvalue weighted by Gasteiger charge is -1.98. The summed E-state index contributed by atoms with van der Waals surface area (Å²) in [6.45, 7) is 5.45. The van der Waals surface area contributed by atoms with Crippen molar-refractivity contribution < 1.29 is 7.16 Å². The topological polar surface area (TPSA) is 49.9 Å². The molecule has 3 nitrogen and oxygen atoms in total. The fourth-order valence-electron chi connectivity index (χ4n) is 2.21. The van der Waals surface area contributed by atoms with Crippen LogP contribution in [-0.4, -0.2) is 10.7 Å². The molecule has 0 unspecified atom stereocenters. The van der Waals surface area contributed by atoms with Crippen molar-refractivity contribution in [2.75, 3.05) is 0 Å². The smallest absolute Gasteiger partial charge is 0.227 e. The molecular weight excluding hydrogens is 248 g/mol. The molecule has 0 radical (unpaired) electrons. The molecule has 0 fully saturated rings. The van der Waals surface area contributed by atoms with Gasteiger partial charge in [-0.05, 0) is 36.7 Å². The molecule has 2 heterocycles. The third kappa shape index (κ3) is 1.93. The number of aromatic nitrogens is 1. The van der Waals surface area contributed by atoms with Crippen LogP contribution in [0.15, 0.2) is 59.6 Å². The molecule has 2 aromatic heterocycles. The Labute approximate surface area is 119 Å². The van der Waals surface area contributed by atoms with Gasteiger partial charge >= 0.3 is 0 Å². The van der Waals surface area contributed by atoms with Gasteiger partial charge in [0.25, 0.3) is 0 Å². The third-order valence-electron chi connectivity index (χ3n) is 3.17. The molecule has 20 heavy (non-hydrogen) atoms. The van der Waals surface area contributed by atoms with E-state index in [4.69, 9.17) is 12.6 Å². The van der Waals surface area contributed by atoms with E-state index in [2.05, 4.69) is 11.6 Å². The molecule has 0 aliphatic heterocycles.